The van der Waals surface area contributed by atoms with Crippen LogP contribution in [0.3, 0.4) is 0 Å². The highest BCUT2D eigenvalue weighted by molar-refractivity contribution is 7.88. The third kappa shape index (κ3) is 2.73. The zero-order valence-corrected chi connectivity index (χ0v) is 16.8. The van der Waals surface area contributed by atoms with Crippen molar-refractivity contribution in [3.8, 4) is 22.5 Å². The Labute approximate surface area is 168 Å². The Morgan fingerprint density at radius 1 is 1.25 bits per heavy atom. The number of anilines is 1. The van der Waals surface area contributed by atoms with Crippen LogP contribution in [0.5, 0.6) is 0 Å². The number of nitrogen functional groups attached to an aromatic ring is 1. The monoisotopic (exact) mass is 410 g/mol. The maximum atomic E-state index is 13.0. The molecule has 0 spiro atoms. The molecule has 4 heterocycles. The Bertz CT molecular complexity index is 1200. The first-order valence-corrected chi connectivity index (χ1v) is 11.1. The summed E-state index contributed by atoms with van der Waals surface area (Å²) in [6.07, 6.45) is 8.22. The van der Waals surface area contributed by atoms with E-state index in [0.717, 1.165) is 56.2 Å². The van der Waals surface area contributed by atoms with Gasteiger partial charge in [-0.05, 0) is 31.0 Å². The number of thiophene rings is 1. The Balaban J connectivity index is 1.77. The molecule has 1 saturated carbocycles. The van der Waals surface area contributed by atoms with Crippen molar-refractivity contribution in [3.05, 3.63) is 36.8 Å². The van der Waals surface area contributed by atoms with Gasteiger partial charge in [0.1, 0.15) is 9.04 Å². The third-order valence-corrected chi connectivity index (χ3v) is 8.48. The van der Waals surface area contributed by atoms with E-state index in [1.54, 1.807) is 18.6 Å². The maximum absolute atomic E-state index is 13.0. The van der Waals surface area contributed by atoms with Gasteiger partial charge in [-0.1, -0.05) is 6.42 Å². The quantitative estimate of drug-likeness (QED) is 0.553. The molecule has 0 aliphatic heterocycles. The minimum Gasteiger partial charge on any atom is -0.396 e. The lowest BCUT2D eigenvalue weighted by molar-refractivity contribution is 0.505. The number of aryl methyl sites for hydroxylation is 1. The molecule has 0 saturated heterocycles. The van der Waals surface area contributed by atoms with Crippen LogP contribution in [0.15, 0.2) is 41.0 Å². The van der Waals surface area contributed by atoms with Crippen LogP contribution >= 0.6 is 11.3 Å². The van der Waals surface area contributed by atoms with E-state index in [9.17, 15) is 4.21 Å². The van der Waals surface area contributed by atoms with Crippen LogP contribution in [0.1, 0.15) is 19.3 Å². The van der Waals surface area contributed by atoms with Crippen molar-refractivity contribution < 1.29 is 4.21 Å². The fourth-order valence-electron chi connectivity index (χ4n) is 3.42. The van der Waals surface area contributed by atoms with E-state index in [4.69, 9.17) is 10.7 Å². The lowest BCUT2D eigenvalue weighted by Crippen LogP contribution is -2.23. The van der Waals surface area contributed by atoms with Gasteiger partial charge in [-0.25, -0.2) is 4.98 Å². The molecule has 4 aromatic rings. The topological polar surface area (TPSA) is 99.6 Å². The molecule has 1 aliphatic carbocycles. The van der Waals surface area contributed by atoms with E-state index in [0.29, 0.717) is 5.69 Å². The average molecular weight is 411 g/mol. The van der Waals surface area contributed by atoms with Crippen molar-refractivity contribution in [1.29, 1.82) is 0 Å². The van der Waals surface area contributed by atoms with Gasteiger partial charge < -0.3 is 5.73 Å². The van der Waals surface area contributed by atoms with E-state index in [2.05, 4.69) is 15.3 Å². The number of nitrogens with two attached hydrogens (primary N) is 1. The predicted octanol–water partition coefficient (Wildman–Crippen LogP) is 3.40. The summed E-state index contributed by atoms with van der Waals surface area (Å²) in [5, 5.41) is 13.2. The third-order valence-electron chi connectivity index (χ3n) is 5.18. The molecular formula is C19H18N6OS2. The summed E-state index contributed by atoms with van der Waals surface area (Å²) in [6, 6.07) is 5.82. The first-order valence-electron chi connectivity index (χ1n) is 9.02. The molecule has 1 aliphatic rings. The number of nitrogens with zero attached hydrogens (tertiary/aromatic N) is 5. The van der Waals surface area contributed by atoms with Crippen LogP contribution in [0.4, 0.5) is 5.69 Å². The smallest absolute Gasteiger partial charge is 0.127 e. The van der Waals surface area contributed by atoms with E-state index < -0.39 is 10.8 Å². The zero-order chi connectivity index (χ0) is 19.3. The largest absolute Gasteiger partial charge is 0.396 e. The van der Waals surface area contributed by atoms with Crippen molar-refractivity contribution in [1.82, 2.24) is 25.0 Å². The molecule has 0 radical (unpaired) electrons. The first-order chi connectivity index (χ1) is 13.6. The number of fused-ring (bicyclic) bond motifs is 1. The molecule has 0 aromatic carbocycles. The van der Waals surface area contributed by atoms with Gasteiger partial charge in [0.2, 0.25) is 0 Å². The van der Waals surface area contributed by atoms with E-state index >= 15 is 0 Å². The molecule has 0 amide bonds. The molecule has 1 unspecified atom stereocenters. The second-order valence-corrected chi connectivity index (χ2v) is 9.79. The summed E-state index contributed by atoms with van der Waals surface area (Å²) in [5.41, 5.74) is 10.6. The number of pyridine rings is 1. The zero-order valence-electron chi connectivity index (χ0n) is 15.2. The summed E-state index contributed by atoms with van der Waals surface area (Å²) in [4.78, 5) is 5.60. The second-order valence-electron chi connectivity index (χ2n) is 6.86. The molecule has 1 fully saturated rings. The van der Waals surface area contributed by atoms with Crippen LogP contribution in [0, 0.1) is 0 Å². The van der Waals surface area contributed by atoms with Gasteiger partial charge in [0.05, 0.1) is 40.3 Å². The highest BCUT2D eigenvalue weighted by atomic mass is 32.2. The van der Waals surface area contributed by atoms with Gasteiger partial charge in [-0.15, -0.1) is 11.3 Å². The normalized spacial score (nSPS) is 15.6. The van der Waals surface area contributed by atoms with Gasteiger partial charge >= 0.3 is 0 Å². The molecule has 9 heteroatoms. The summed E-state index contributed by atoms with van der Waals surface area (Å²) in [7, 11) is 0.806. The van der Waals surface area contributed by atoms with Crippen molar-refractivity contribution in [3.63, 3.8) is 0 Å². The Morgan fingerprint density at radius 3 is 2.75 bits per heavy atom. The Hall–Kier alpha value is -2.65. The first kappa shape index (κ1) is 17.4. The standard InChI is InChI=1S/C19H18N6OS2/c1-25-15(6-8-23-25)13-9-14(11-5-7-21-22-10-11)24-18-16(13)17(20)19(27-18)28(26)12-3-2-4-12/h5-10,12H,2-4,20H2,1H3. The Kier molecular flexibility index (Phi) is 4.21. The van der Waals surface area contributed by atoms with Crippen molar-refractivity contribution in [2.24, 2.45) is 7.05 Å². The molecule has 4 aromatic heterocycles. The average Bonchev–Trinajstić information content (AvgIpc) is 3.24. The highest BCUT2D eigenvalue weighted by Gasteiger charge is 2.29. The summed E-state index contributed by atoms with van der Waals surface area (Å²) in [5.74, 6) is 0. The second kappa shape index (κ2) is 6.75. The molecule has 1 atom stereocenters. The number of hydrogen-bond donors (Lipinski definition) is 1. The van der Waals surface area contributed by atoms with Gasteiger partial charge in [0.25, 0.3) is 0 Å². The molecule has 5 rings (SSSR count). The van der Waals surface area contributed by atoms with Crippen molar-refractivity contribution in [2.75, 3.05) is 5.73 Å². The summed E-state index contributed by atoms with van der Waals surface area (Å²) >= 11 is 1.43. The van der Waals surface area contributed by atoms with Crippen LogP contribution in [0.25, 0.3) is 32.7 Å². The van der Waals surface area contributed by atoms with Crippen LogP contribution in [-0.4, -0.2) is 34.4 Å². The lowest BCUT2D eigenvalue weighted by Gasteiger charge is -2.23. The van der Waals surface area contributed by atoms with Gasteiger partial charge in [-0.3, -0.25) is 8.89 Å². The fraction of sp³-hybridized carbons (Fsp3) is 0.263. The maximum Gasteiger partial charge on any atom is 0.127 e. The molecular weight excluding hydrogens is 392 g/mol. The lowest BCUT2D eigenvalue weighted by atomic mass is 10.0. The fourth-order valence-corrected chi connectivity index (χ4v) is 6.63. The minimum absolute atomic E-state index is 0.208. The molecule has 28 heavy (non-hydrogen) atoms. The van der Waals surface area contributed by atoms with Crippen molar-refractivity contribution >= 4 is 38.0 Å². The van der Waals surface area contributed by atoms with Crippen molar-refractivity contribution in [2.45, 2.75) is 28.7 Å². The van der Waals surface area contributed by atoms with Gasteiger partial charge in [0, 0.05) is 35.0 Å². The number of rotatable bonds is 4. The van der Waals surface area contributed by atoms with E-state index in [1.807, 2.05) is 29.9 Å². The minimum atomic E-state index is -1.09. The number of hydrogen-bond acceptors (Lipinski definition) is 7. The van der Waals surface area contributed by atoms with Gasteiger partial charge in [0.15, 0.2) is 0 Å². The Morgan fingerprint density at radius 2 is 2.11 bits per heavy atom. The molecule has 7 nitrogen and oxygen atoms in total. The van der Waals surface area contributed by atoms with Gasteiger partial charge in [-0.2, -0.15) is 15.3 Å². The van der Waals surface area contributed by atoms with Crippen LogP contribution < -0.4 is 5.73 Å². The highest BCUT2D eigenvalue weighted by Crippen LogP contribution is 2.44. The molecule has 142 valence electrons. The molecule has 0 bridgehead atoms. The van der Waals surface area contributed by atoms with E-state index in [1.165, 1.54) is 11.3 Å². The predicted molar refractivity (Wildman–Crippen MR) is 111 cm³/mol. The van der Waals surface area contributed by atoms with Crippen LogP contribution in [-0.2, 0) is 17.8 Å². The van der Waals surface area contributed by atoms with Crippen LogP contribution in [0.2, 0.25) is 0 Å². The summed E-state index contributed by atoms with van der Waals surface area (Å²) < 4.78 is 15.6. The molecule has 2 N–H and O–H groups in total. The number of aromatic nitrogens is 5. The van der Waals surface area contributed by atoms with E-state index in [-0.39, 0.29) is 5.25 Å². The SMILES string of the molecule is Cn1nccc1-c1cc(-c2ccnnc2)nc2sc(S(=O)C3CCC3)c(N)c12. The summed E-state index contributed by atoms with van der Waals surface area (Å²) in [6.45, 7) is 0.